The smallest absolute Gasteiger partial charge is 0.266 e. The Morgan fingerprint density at radius 1 is 1.34 bits per heavy atom. The number of rotatable bonds is 3. The largest absolute Gasteiger partial charge is 0.334 e. The molecule has 1 fully saturated rings. The van der Waals surface area contributed by atoms with Crippen molar-refractivity contribution in [2.24, 2.45) is 0 Å². The third-order valence-electron chi connectivity index (χ3n) is 6.17. The second-order valence-electron chi connectivity index (χ2n) is 7.69. The SMILES string of the molecule is CCC[C@@H]1N(C(=O)c2cc(C#N)c(=O)[nH]c2C)CC[C@]12C(=O)Nc1ccccc12. The number of nitrogens with one attached hydrogen (secondary N) is 2. The molecule has 148 valence electrons. The van der Waals surface area contributed by atoms with Gasteiger partial charge in [0.2, 0.25) is 5.91 Å². The number of likely N-dealkylation sites (tertiary alicyclic amines) is 1. The molecule has 2 N–H and O–H groups in total. The third kappa shape index (κ3) is 2.67. The molecule has 0 aliphatic carbocycles. The van der Waals surface area contributed by atoms with Gasteiger partial charge in [0, 0.05) is 17.9 Å². The first-order valence-corrected chi connectivity index (χ1v) is 9.80. The molecule has 7 heteroatoms. The molecule has 1 aromatic carbocycles. The number of aromatic nitrogens is 1. The predicted molar refractivity (Wildman–Crippen MR) is 108 cm³/mol. The van der Waals surface area contributed by atoms with Gasteiger partial charge in [0.15, 0.2) is 0 Å². The van der Waals surface area contributed by atoms with Crippen molar-refractivity contribution in [3.63, 3.8) is 0 Å². The second-order valence-corrected chi connectivity index (χ2v) is 7.69. The van der Waals surface area contributed by atoms with Crippen LogP contribution in [-0.2, 0) is 10.2 Å². The number of hydrogen-bond acceptors (Lipinski definition) is 4. The minimum Gasteiger partial charge on any atom is -0.334 e. The molecule has 2 aliphatic rings. The van der Waals surface area contributed by atoms with E-state index in [0.29, 0.717) is 30.6 Å². The number of amides is 2. The predicted octanol–water partition coefficient (Wildman–Crippen LogP) is 2.46. The average molecular weight is 390 g/mol. The summed E-state index contributed by atoms with van der Waals surface area (Å²) in [5.74, 6) is -0.328. The van der Waals surface area contributed by atoms with Crippen LogP contribution in [0.25, 0.3) is 0 Å². The first-order chi connectivity index (χ1) is 13.9. The summed E-state index contributed by atoms with van der Waals surface area (Å²) < 4.78 is 0. The summed E-state index contributed by atoms with van der Waals surface area (Å²) in [5.41, 5.74) is 1.10. The van der Waals surface area contributed by atoms with Gasteiger partial charge in [-0.2, -0.15) is 5.26 Å². The van der Waals surface area contributed by atoms with Crippen LogP contribution < -0.4 is 10.9 Å². The lowest BCUT2D eigenvalue weighted by molar-refractivity contribution is -0.121. The molecule has 2 atom stereocenters. The van der Waals surface area contributed by atoms with Crippen LogP contribution >= 0.6 is 0 Å². The highest BCUT2D eigenvalue weighted by molar-refractivity contribution is 6.08. The van der Waals surface area contributed by atoms with E-state index in [4.69, 9.17) is 0 Å². The maximum absolute atomic E-state index is 13.5. The molecule has 3 heterocycles. The van der Waals surface area contributed by atoms with Gasteiger partial charge in [0.05, 0.1) is 17.0 Å². The highest BCUT2D eigenvalue weighted by atomic mass is 16.2. The minimum absolute atomic E-state index is 0.0663. The number of carbonyl (C=O) groups is 2. The quantitative estimate of drug-likeness (QED) is 0.839. The van der Waals surface area contributed by atoms with Crippen LogP contribution in [0, 0.1) is 18.3 Å². The van der Waals surface area contributed by atoms with Gasteiger partial charge in [0.1, 0.15) is 11.6 Å². The van der Waals surface area contributed by atoms with Gasteiger partial charge in [-0.15, -0.1) is 0 Å². The zero-order valence-corrected chi connectivity index (χ0v) is 16.4. The van der Waals surface area contributed by atoms with Crippen LogP contribution in [0.5, 0.6) is 0 Å². The molecule has 1 saturated heterocycles. The van der Waals surface area contributed by atoms with E-state index in [0.717, 1.165) is 17.7 Å². The molecule has 7 nitrogen and oxygen atoms in total. The van der Waals surface area contributed by atoms with Crippen molar-refractivity contribution in [1.82, 2.24) is 9.88 Å². The fourth-order valence-electron chi connectivity index (χ4n) is 4.80. The second kappa shape index (κ2) is 6.89. The lowest BCUT2D eigenvalue weighted by Gasteiger charge is -2.34. The Balaban J connectivity index is 1.79. The summed E-state index contributed by atoms with van der Waals surface area (Å²) in [4.78, 5) is 42.8. The number of pyridine rings is 1. The lowest BCUT2D eigenvalue weighted by Crippen LogP contribution is -2.49. The minimum atomic E-state index is -0.767. The Hall–Kier alpha value is -3.40. The van der Waals surface area contributed by atoms with E-state index in [9.17, 15) is 19.6 Å². The van der Waals surface area contributed by atoms with Crippen molar-refractivity contribution < 1.29 is 9.59 Å². The van der Waals surface area contributed by atoms with E-state index >= 15 is 0 Å². The normalized spacial score (nSPS) is 22.4. The van der Waals surface area contributed by atoms with Crippen LogP contribution in [0.3, 0.4) is 0 Å². The molecular formula is C22H22N4O3. The van der Waals surface area contributed by atoms with E-state index in [1.54, 1.807) is 11.8 Å². The fourth-order valence-corrected chi connectivity index (χ4v) is 4.80. The number of aryl methyl sites for hydroxylation is 1. The van der Waals surface area contributed by atoms with Crippen LogP contribution in [0.2, 0.25) is 0 Å². The van der Waals surface area contributed by atoms with Gasteiger partial charge in [0.25, 0.3) is 11.5 Å². The maximum Gasteiger partial charge on any atom is 0.266 e. The summed E-state index contributed by atoms with van der Waals surface area (Å²) in [7, 11) is 0. The number of benzene rings is 1. The number of hydrogen-bond donors (Lipinski definition) is 2. The molecule has 4 rings (SSSR count). The van der Waals surface area contributed by atoms with Gasteiger partial charge < -0.3 is 15.2 Å². The number of nitrogens with zero attached hydrogens (tertiary/aromatic N) is 2. The summed E-state index contributed by atoms with van der Waals surface area (Å²) in [6.07, 6.45) is 2.04. The van der Waals surface area contributed by atoms with Crippen LogP contribution in [0.4, 0.5) is 5.69 Å². The summed E-state index contributed by atoms with van der Waals surface area (Å²) in [6, 6.07) is 10.6. The number of aromatic amines is 1. The number of nitriles is 1. The summed E-state index contributed by atoms with van der Waals surface area (Å²) >= 11 is 0. The van der Waals surface area contributed by atoms with Crippen molar-refractivity contribution in [2.75, 3.05) is 11.9 Å². The molecule has 2 amide bonds. The van der Waals surface area contributed by atoms with Gasteiger partial charge in [-0.3, -0.25) is 14.4 Å². The molecule has 0 bridgehead atoms. The molecular weight excluding hydrogens is 368 g/mol. The summed E-state index contributed by atoms with van der Waals surface area (Å²) in [6.45, 7) is 4.12. The molecule has 1 aromatic heterocycles. The Bertz CT molecular complexity index is 1110. The Morgan fingerprint density at radius 3 is 2.83 bits per heavy atom. The maximum atomic E-state index is 13.5. The molecule has 29 heavy (non-hydrogen) atoms. The monoisotopic (exact) mass is 390 g/mol. The highest BCUT2D eigenvalue weighted by Crippen LogP contribution is 2.49. The fraction of sp³-hybridized carbons (Fsp3) is 0.364. The Labute approximate surface area is 168 Å². The lowest BCUT2D eigenvalue weighted by atomic mass is 9.73. The number of para-hydroxylation sites is 1. The third-order valence-corrected chi connectivity index (χ3v) is 6.17. The molecule has 0 unspecified atom stereocenters. The highest BCUT2D eigenvalue weighted by Gasteiger charge is 2.58. The van der Waals surface area contributed by atoms with E-state index in [1.165, 1.54) is 6.07 Å². The zero-order valence-electron chi connectivity index (χ0n) is 16.4. The topological polar surface area (TPSA) is 106 Å². The number of anilines is 1. The molecule has 2 aromatic rings. The number of carbonyl (C=O) groups excluding carboxylic acids is 2. The standard InChI is InChI=1S/C22H22N4O3/c1-3-6-18-22(16-7-4-5-8-17(16)25-21(22)29)9-10-26(18)20(28)15-11-14(12-23)19(27)24-13(15)2/h4-5,7-8,11,18H,3,6,9-10H2,1-2H3,(H,24,27)(H,25,29)/t18-,22+/m0/s1. The van der Waals surface area contributed by atoms with E-state index in [2.05, 4.69) is 10.3 Å². The van der Waals surface area contributed by atoms with E-state index in [1.807, 2.05) is 37.3 Å². The van der Waals surface area contributed by atoms with Gasteiger partial charge >= 0.3 is 0 Å². The molecule has 0 radical (unpaired) electrons. The summed E-state index contributed by atoms with van der Waals surface area (Å²) in [5, 5.41) is 12.2. The van der Waals surface area contributed by atoms with E-state index < -0.39 is 11.0 Å². The number of H-pyrrole nitrogens is 1. The van der Waals surface area contributed by atoms with E-state index in [-0.39, 0.29) is 23.4 Å². The average Bonchev–Trinajstić information content (AvgIpc) is 3.21. The Kier molecular flexibility index (Phi) is 4.50. The Morgan fingerprint density at radius 2 is 2.10 bits per heavy atom. The van der Waals surface area contributed by atoms with Crippen LogP contribution in [-0.4, -0.2) is 34.3 Å². The first-order valence-electron chi connectivity index (χ1n) is 9.80. The van der Waals surface area contributed by atoms with Crippen molar-refractivity contribution in [1.29, 1.82) is 5.26 Å². The van der Waals surface area contributed by atoms with Gasteiger partial charge in [-0.05, 0) is 37.5 Å². The van der Waals surface area contributed by atoms with Gasteiger partial charge in [-0.25, -0.2) is 0 Å². The number of fused-ring (bicyclic) bond motifs is 2. The van der Waals surface area contributed by atoms with Crippen molar-refractivity contribution >= 4 is 17.5 Å². The van der Waals surface area contributed by atoms with Crippen molar-refractivity contribution in [2.45, 2.75) is 44.6 Å². The first kappa shape index (κ1) is 18.9. The van der Waals surface area contributed by atoms with Gasteiger partial charge in [-0.1, -0.05) is 31.5 Å². The molecule has 0 saturated carbocycles. The molecule has 1 spiro atoms. The molecule has 2 aliphatic heterocycles. The zero-order chi connectivity index (χ0) is 20.8. The van der Waals surface area contributed by atoms with Crippen LogP contribution in [0.1, 0.15) is 53.4 Å². The van der Waals surface area contributed by atoms with Crippen molar-refractivity contribution in [3.05, 3.63) is 63.1 Å². The van der Waals surface area contributed by atoms with Crippen molar-refractivity contribution in [3.8, 4) is 6.07 Å². The van der Waals surface area contributed by atoms with Crippen LogP contribution in [0.15, 0.2) is 35.1 Å².